The van der Waals surface area contributed by atoms with Gasteiger partial charge in [-0.1, -0.05) is 6.07 Å². The second-order valence-electron chi connectivity index (χ2n) is 3.69. The summed E-state index contributed by atoms with van der Waals surface area (Å²) < 4.78 is 11.1. The third-order valence-electron chi connectivity index (χ3n) is 2.47. The number of likely N-dealkylation sites (N-methyl/N-ethyl adjacent to an activating group) is 1. The number of hydrogen-bond donors (Lipinski definition) is 2. The number of para-hydroxylation sites is 1. The molecule has 0 aliphatic carbocycles. The zero-order valence-corrected chi connectivity index (χ0v) is 9.79. The average molecular weight is 236 g/mol. The maximum atomic E-state index is 11.7. The smallest absolute Gasteiger partial charge is 0.255 e. The minimum Gasteiger partial charge on any atom is -0.488 e. The SMILES string of the molecule is CNCCOc1cccc2c1OCCNC2=O. The van der Waals surface area contributed by atoms with Crippen LogP contribution in [0.5, 0.6) is 11.5 Å². The molecule has 0 unspecified atom stereocenters. The van der Waals surface area contributed by atoms with Crippen LogP contribution in [0, 0.1) is 0 Å². The van der Waals surface area contributed by atoms with Crippen LogP contribution < -0.4 is 20.1 Å². The number of amides is 1. The van der Waals surface area contributed by atoms with Gasteiger partial charge in [-0.3, -0.25) is 4.79 Å². The highest BCUT2D eigenvalue weighted by Crippen LogP contribution is 2.32. The van der Waals surface area contributed by atoms with Crippen molar-refractivity contribution in [2.45, 2.75) is 0 Å². The molecule has 0 radical (unpaired) electrons. The van der Waals surface area contributed by atoms with E-state index in [1.807, 2.05) is 13.1 Å². The van der Waals surface area contributed by atoms with Crippen molar-refractivity contribution >= 4 is 5.91 Å². The molecule has 2 N–H and O–H groups in total. The summed E-state index contributed by atoms with van der Waals surface area (Å²) >= 11 is 0. The molecule has 0 aromatic heterocycles. The standard InChI is InChI=1S/C12H16N2O3/c1-13-5-7-16-10-4-2-3-9-11(10)17-8-6-14-12(9)15/h2-4,13H,5-8H2,1H3,(H,14,15). The highest BCUT2D eigenvalue weighted by Gasteiger charge is 2.19. The van der Waals surface area contributed by atoms with Crippen LogP contribution in [0.25, 0.3) is 0 Å². The van der Waals surface area contributed by atoms with Crippen LogP contribution in [0.1, 0.15) is 10.4 Å². The Bertz CT molecular complexity index is 407. The number of rotatable bonds is 4. The van der Waals surface area contributed by atoms with Gasteiger partial charge < -0.3 is 20.1 Å². The molecule has 1 amide bonds. The summed E-state index contributed by atoms with van der Waals surface area (Å²) in [5.41, 5.74) is 0.532. The van der Waals surface area contributed by atoms with E-state index in [-0.39, 0.29) is 5.91 Å². The van der Waals surface area contributed by atoms with Crippen LogP contribution in [0.3, 0.4) is 0 Å². The van der Waals surface area contributed by atoms with Crippen LogP contribution >= 0.6 is 0 Å². The lowest BCUT2D eigenvalue weighted by Gasteiger charge is -2.12. The summed E-state index contributed by atoms with van der Waals surface area (Å²) in [5, 5.41) is 5.76. The number of benzene rings is 1. The topological polar surface area (TPSA) is 59.6 Å². The number of ether oxygens (including phenoxy) is 2. The van der Waals surface area contributed by atoms with Crippen LogP contribution in [0.4, 0.5) is 0 Å². The lowest BCUT2D eigenvalue weighted by molar-refractivity contribution is 0.0957. The third kappa shape index (κ3) is 2.68. The van der Waals surface area contributed by atoms with E-state index in [4.69, 9.17) is 9.47 Å². The molecule has 0 fully saturated rings. The first-order valence-electron chi connectivity index (χ1n) is 5.64. The predicted octanol–water partition coefficient (Wildman–Crippen LogP) is 0.407. The lowest BCUT2D eigenvalue weighted by Crippen LogP contribution is -2.24. The third-order valence-corrected chi connectivity index (χ3v) is 2.47. The van der Waals surface area contributed by atoms with Crippen molar-refractivity contribution in [1.29, 1.82) is 0 Å². The molecule has 2 rings (SSSR count). The maximum absolute atomic E-state index is 11.7. The van der Waals surface area contributed by atoms with Crippen LogP contribution in [0.2, 0.25) is 0 Å². The van der Waals surface area contributed by atoms with Crippen LogP contribution in [-0.4, -0.2) is 39.3 Å². The van der Waals surface area contributed by atoms with Crippen LogP contribution in [-0.2, 0) is 0 Å². The van der Waals surface area contributed by atoms with Gasteiger partial charge in [0.1, 0.15) is 13.2 Å². The van der Waals surface area contributed by atoms with Crippen molar-refractivity contribution in [2.24, 2.45) is 0 Å². The molecule has 92 valence electrons. The predicted molar refractivity (Wildman–Crippen MR) is 63.7 cm³/mol. The van der Waals surface area contributed by atoms with E-state index < -0.39 is 0 Å². The minimum absolute atomic E-state index is 0.114. The monoisotopic (exact) mass is 236 g/mol. The normalized spacial score (nSPS) is 14.3. The highest BCUT2D eigenvalue weighted by atomic mass is 16.5. The molecule has 17 heavy (non-hydrogen) atoms. The van der Waals surface area contributed by atoms with Crippen molar-refractivity contribution in [3.8, 4) is 11.5 Å². The summed E-state index contributed by atoms with van der Waals surface area (Å²) in [4.78, 5) is 11.7. The Morgan fingerprint density at radius 3 is 3.24 bits per heavy atom. The van der Waals surface area contributed by atoms with Gasteiger partial charge in [0.2, 0.25) is 0 Å². The maximum Gasteiger partial charge on any atom is 0.255 e. The van der Waals surface area contributed by atoms with Crippen molar-refractivity contribution in [2.75, 3.05) is 33.4 Å². The largest absolute Gasteiger partial charge is 0.488 e. The fraction of sp³-hybridized carbons (Fsp3) is 0.417. The van der Waals surface area contributed by atoms with Gasteiger partial charge in [0.25, 0.3) is 5.91 Å². The van der Waals surface area contributed by atoms with E-state index in [9.17, 15) is 4.79 Å². The Hall–Kier alpha value is -1.75. The molecule has 0 bridgehead atoms. The molecule has 1 aromatic rings. The molecular formula is C12H16N2O3. The van der Waals surface area contributed by atoms with Crippen molar-refractivity contribution in [3.05, 3.63) is 23.8 Å². The zero-order chi connectivity index (χ0) is 12.1. The molecule has 5 nitrogen and oxygen atoms in total. The number of nitrogens with one attached hydrogen (secondary N) is 2. The van der Waals surface area contributed by atoms with Gasteiger partial charge in [-0.15, -0.1) is 0 Å². The fourth-order valence-electron chi connectivity index (χ4n) is 1.63. The Morgan fingerprint density at radius 2 is 2.41 bits per heavy atom. The molecule has 0 saturated carbocycles. The van der Waals surface area contributed by atoms with E-state index in [1.54, 1.807) is 12.1 Å². The van der Waals surface area contributed by atoms with Crippen molar-refractivity contribution in [1.82, 2.24) is 10.6 Å². The van der Waals surface area contributed by atoms with E-state index in [2.05, 4.69) is 10.6 Å². The average Bonchev–Trinajstić information content (AvgIpc) is 2.53. The minimum atomic E-state index is -0.114. The van der Waals surface area contributed by atoms with Gasteiger partial charge >= 0.3 is 0 Å². The van der Waals surface area contributed by atoms with Gasteiger partial charge in [-0.05, 0) is 19.2 Å². The molecule has 1 aromatic carbocycles. The molecule has 1 aliphatic rings. The Morgan fingerprint density at radius 1 is 1.53 bits per heavy atom. The van der Waals surface area contributed by atoms with Gasteiger partial charge in [0.05, 0.1) is 12.1 Å². The Balaban J connectivity index is 2.22. The second kappa shape index (κ2) is 5.54. The highest BCUT2D eigenvalue weighted by molar-refractivity contribution is 5.98. The summed E-state index contributed by atoms with van der Waals surface area (Å²) in [6.07, 6.45) is 0. The number of hydrogen-bond acceptors (Lipinski definition) is 4. The van der Waals surface area contributed by atoms with Crippen molar-refractivity contribution in [3.63, 3.8) is 0 Å². The summed E-state index contributed by atoms with van der Waals surface area (Å²) in [6, 6.07) is 5.34. The summed E-state index contributed by atoms with van der Waals surface area (Å²) in [7, 11) is 1.86. The number of carbonyl (C=O) groups is 1. The molecule has 0 spiro atoms. The van der Waals surface area contributed by atoms with E-state index in [0.717, 1.165) is 6.54 Å². The Kier molecular flexibility index (Phi) is 3.82. The van der Waals surface area contributed by atoms with Crippen LogP contribution in [0.15, 0.2) is 18.2 Å². The number of fused-ring (bicyclic) bond motifs is 1. The molecule has 1 heterocycles. The van der Waals surface area contributed by atoms with Gasteiger partial charge in [0.15, 0.2) is 11.5 Å². The first-order valence-corrected chi connectivity index (χ1v) is 5.64. The quantitative estimate of drug-likeness (QED) is 0.743. The molecule has 5 heteroatoms. The first-order chi connectivity index (χ1) is 8.33. The fourth-order valence-corrected chi connectivity index (χ4v) is 1.63. The van der Waals surface area contributed by atoms with Gasteiger partial charge in [-0.2, -0.15) is 0 Å². The lowest BCUT2D eigenvalue weighted by atomic mass is 10.1. The second-order valence-corrected chi connectivity index (χ2v) is 3.69. The zero-order valence-electron chi connectivity index (χ0n) is 9.79. The van der Waals surface area contributed by atoms with E-state index >= 15 is 0 Å². The molecule has 1 aliphatic heterocycles. The number of carbonyl (C=O) groups excluding carboxylic acids is 1. The van der Waals surface area contributed by atoms with Gasteiger partial charge in [0, 0.05) is 6.54 Å². The van der Waals surface area contributed by atoms with Gasteiger partial charge in [-0.25, -0.2) is 0 Å². The molecule has 0 saturated heterocycles. The molecule has 0 atom stereocenters. The van der Waals surface area contributed by atoms with E-state index in [0.29, 0.717) is 36.8 Å². The summed E-state index contributed by atoms with van der Waals surface area (Å²) in [6.45, 7) is 2.27. The van der Waals surface area contributed by atoms with Crippen molar-refractivity contribution < 1.29 is 14.3 Å². The summed E-state index contributed by atoms with van der Waals surface area (Å²) in [5.74, 6) is 1.05. The van der Waals surface area contributed by atoms with E-state index in [1.165, 1.54) is 0 Å². The first kappa shape index (κ1) is 11.7. The Labute approximate surface area is 100 Å². The molecular weight excluding hydrogens is 220 g/mol.